The molecule has 1 amide bonds. The molecule has 2 rings (SSSR count). The maximum absolute atomic E-state index is 12.2. The molecule has 0 aliphatic heterocycles. The zero-order chi connectivity index (χ0) is 17.0. The van der Waals surface area contributed by atoms with Crippen LogP contribution in [0.2, 0.25) is 0 Å². The smallest absolute Gasteiger partial charge is 0.252 e. The number of nitrogens with zero attached hydrogens (tertiary/aromatic N) is 2. The highest BCUT2D eigenvalue weighted by Gasteiger charge is 2.21. The summed E-state index contributed by atoms with van der Waals surface area (Å²) in [6.45, 7) is 4.14. The van der Waals surface area contributed by atoms with Crippen molar-refractivity contribution in [1.29, 1.82) is 0 Å². The van der Waals surface area contributed by atoms with Crippen LogP contribution >= 0.6 is 22.7 Å². The molecule has 6 nitrogen and oxygen atoms in total. The predicted molar refractivity (Wildman–Crippen MR) is 93.6 cm³/mol. The Morgan fingerprint density at radius 2 is 2.13 bits per heavy atom. The van der Waals surface area contributed by atoms with Gasteiger partial charge in [-0.05, 0) is 31.7 Å². The van der Waals surface area contributed by atoms with Gasteiger partial charge in [0.05, 0.1) is 5.69 Å². The highest BCUT2D eigenvalue weighted by molar-refractivity contribution is 7.91. The van der Waals surface area contributed by atoms with Crippen LogP contribution in [0.1, 0.15) is 23.4 Å². The van der Waals surface area contributed by atoms with Crippen LogP contribution in [0.25, 0.3) is 0 Å². The minimum absolute atomic E-state index is 0.152. The van der Waals surface area contributed by atoms with Crippen LogP contribution in [0.15, 0.2) is 21.7 Å². The van der Waals surface area contributed by atoms with Crippen molar-refractivity contribution >= 4 is 43.7 Å². The first-order chi connectivity index (χ1) is 10.8. The van der Waals surface area contributed by atoms with Gasteiger partial charge in [0.25, 0.3) is 10.0 Å². The number of hydrogen-bond acceptors (Lipinski definition) is 6. The first-order valence-electron chi connectivity index (χ1n) is 7.04. The first-order valence-corrected chi connectivity index (χ1v) is 10.2. The Morgan fingerprint density at radius 3 is 2.70 bits per heavy atom. The number of aryl methyl sites for hydroxylation is 2. The monoisotopic (exact) mass is 373 g/mol. The molecule has 0 saturated heterocycles. The molecule has 0 radical (unpaired) electrons. The lowest BCUT2D eigenvalue weighted by Gasteiger charge is -2.15. The molecule has 0 aliphatic carbocycles. The molecule has 0 bridgehead atoms. The molecule has 2 heterocycles. The van der Waals surface area contributed by atoms with E-state index in [4.69, 9.17) is 0 Å². The van der Waals surface area contributed by atoms with Crippen molar-refractivity contribution in [3.63, 3.8) is 0 Å². The fourth-order valence-electron chi connectivity index (χ4n) is 1.85. The molecule has 126 valence electrons. The summed E-state index contributed by atoms with van der Waals surface area (Å²) in [5, 5.41) is 5.06. The number of nitrogens with one attached hydrogen (secondary N) is 1. The Balaban J connectivity index is 1.81. The topological polar surface area (TPSA) is 79.4 Å². The summed E-state index contributed by atoms with van der Waals surface area (Å²) in [5.74, 6) is -0.152. The van der Waals surface area contributed by atoms with Crippen molar-refractivity contribution in [3.8, 4) is 0 Å². The van der Waals surface area contributed by atoms with Crippen LogP contribution in [-0.4, -0.2) is 37.2 Å². The quantitative estimate of drug-likeness (QED) is 0.809. The summed E-state index contributed by atoms with van der Waals surface area (Å²) in [6, 6.07) is 3.28. The minimum atomic E-state index is -3.44. The predicted octanol–water partition coefficient (Wildman–Crippen LogP) is 2.86. The number of aromatic nitrogens is 1. The number of carbonyl (C=O) groups excluding carboxylic acids is 1. The average Bonchev–Trinajstić information content (AvgIpc) is 3.10. The Morgan fingerprint density at radius 1 is 1.39 bits per heavy atom. The Hall–Kier alpha value is -1.29. The van der Waals surface area contributed by atoms with E-state index in [1.54, 1.807) is 17.5 Å². The van der Waals surface area contributed by atoms with E-state index in [0.29, 0.717) is 22.3 Å². The van der Waals surface area contributed by atoms with E-state index in [9.17, 15) is 13.2 Å². The van der Waals surface area contributed by atoms with Gasteiger partial charge >= 0.3 is 0 Å². The van der Waals surface area contributed by atoms with E-state index in [1.807, 2.05) is 13.8 Å². The van der Waals surface area contributed by atoms with Crippen molar-refractivity contribution in [2.75, 3.05) is 18.9 Å². The van der Waals surface area contributed by atoms with Crippen molar-refractivity contribution in [3.05, 3.63) is 28.1 Å². The van der Waals surface area contributed by atoms with Gasteiger partial charge in [0.15, 0.2) is 5.13 Å². The number of sulfonamides is 1. The van der Waals surface area contributed by atoms with E-state index < -0.39 is 10.0 Å². The second kappa shape index (κ2) is 7.52. The number of carbonyl (C=O) groups is 1. The molecule has 0 spiro atoms. The van der Waals surface area contributed by atoms with Gasteiger partial charge in [0.2, 0.25) is 5.91 Å². The van der Waals surface area contributed by atoms with Gasteiger partial charge in [0.1, 0.15) is 4.21 Å². The summed E-state index contributed by atoms with van der Waals surface area (Å²) in [6.07, 6.45) is 0.707. The van der Waals surface area contributed by atoms with Crippen molar-refractivity contribution in [2.24, 2.45) is 0 Å². The lowest BCUT2D eigenvalue weighted by Crippen LogP contribution is -2.28. The van der Waals surface area contributed by atoms with Crippen LogP contribution in [0.4, 0.5) is 5.13 Å². The lowest BCUT2D eigenvalue weighted by molar-refractivity contribution is -0.116. The fraction of sp³-hybridized carbons (Fsp3) is 0.429. The molecule has 0 atom stereocenters. The fourth-order valence-corrected chi connectivity index (χ4v) is 5.10. The van der Waals surface area contributed by atoms with Gasteiger partial charge in [-0.15, -0.1) is 22.7 Å². The SMILES string of the molecule is Cc1nc(NC(=O)CCCN(C)S(=O)(=O)c2cccs2)sc1C. The molecule has 1 N–H and O–H groups in total. The summed E-state index contributed by atoms with van der Waals surface area (Å²) in [5.41, 5.74) is 0.909. The zero-order valence-corrected chi connectivity index (χ0v) is 15.6. The number of anilines is 1. The van der Waals surface area contributed by atoms with Crippen LogP contribution < -0.4 is 5.32 Å². The highest BCUT2D eigenvalue weighted by atomic mass is 32.2. The Labute approximate surface area is 144 Å². The van der Waals surface area contributed by atoms with Gasteiger partial charge in [-0.3, -0.25) is 4.79 Å². The Bertz CT molecular complexity index is 747. The summed E-state index contributed by atoms with van der Waals surface area (Å²) < 4.78 is 26.1. The van der Waals surface area contributed by atoms with E-state index in [0.717, 1.165) is 10.6 Å². The van der Waals surface area contributed by atoms with Crippen LogP contribution in [0, 0.1) is 13.8 Å². The number of thiophene rings is 1. The van der Waals surface area contributed by atoms with Gasteiger partial charge in [-0.25, -0.2) is 17.7 Å². The van der Waals surface area contributed by atoms with E-state index in [2.05, 4.69) is 10.3 Å². The largest absolute Gasteiger partial charge is 0.302 e. The second-order valence-corrected chi connectivity index (χ2v) is 9.49. The third kappa shape index (κ3) is 4.60. The molecule has 23 heavy (non-hydrogen) atoms. The van der Waals surface area contributed by atoms with E-state index >= 15 is 0 Å². The van der Waals surface area contributed by atoms with E-state index in [1.165, 1.54) is 34.0 Å². The molecule has 9 heteroatoms. The van der Waals surface area contributed by atoms with Gasteiger partial charge < -0.3 is 5.32 Å². The molecule has 0 aromatic carbocycles. The molecular formula is C14H19N3O3S3. The minimum Gasteiger partial charge on any atom is -0.302 e. The molecule has 0 fully saturated rings. The molecule has 2 aromatic heterocycles. The second-order valence-electron chi connectivity index (χ2n) is 5.07. The molecule has 0 saturated carbocycles. The lowest BCUT2D eigenvalue weighted by atomic mass is 10.3. The summed E-state index contributed by atoms with van der Waals surface area (Å²) >= 11 is 2.62. The highest BCUT2D eigenvalue weighted by Crippen LogP contribution is 2.22. The van der Waals surface area contributed by atoms with Crippen molar-refractivity contribution in [1.82, 2.24) is 9.29 Å². The molecule has 0 unspecified atom stereocenters. The molecule has 2 aromatic rings. The van der Waals surface area contributed by atoms with E-state index in [-0.39, 0.29) is 12.3 Å². The third-order valence-electron chi connectivity index (χ3n) is 3.31. The van der Waals surface area contributed by atoms with Gasteiger partial charge in [0, 0.05) is 24.9 Å². The summed E-state index contributed by atoms with van der Waals surface area (Å²) in [4.78, 5) is 17.2. The molecular weight excluding hydrogens is 354 g/mol. The van der Waals surface area contributed by atoms with Crippen molar-refractivity contribution in [2.45, 2.75) is 30.9 Å². The number of thiazole rings is 1. The summed E-state index contributed by atoms with van der Waals surface area (Å²) in [7, 11) is -1.92. The normalized spacial score (nSPS) is 11.8. The Kier molecular flexibility index (Phi) is 5.90. The van der Waals surface area contributed by atoms with Crippen LogP contribution in [-0.2, 0) is 14.8 Å². The van der Waals surface area contributed by atoms with Crippen LogP contribution in [0.3, 0.4) is 0 Å². The van der Waals surface area contributed by atoms with Crippen molar-refractivity contribution < 1.29 is 13.2 Å². The number of rotatable bonds is 7. The average molecular weight is 374 g/mol. The standard InChI is InChI=1S/C14H19N3O3S3/c1-10-11(2)22-14(15-10)16-12(18)6-4-8-17(3)23(19,20)13-7-5-9-21-13/h5,7,9H,4,6,8H2,1-3H3,(H,15,16,18). The maximum Gasteiger partial charge on any atom is 0.252 e. The number of amides is 1. The first kappa shape index (κ1) is 18.1. The zero-order valence-electron chi connectivity index (χ0n) is 13.2. The number of hydrogen-bond donors (Lipinski definition) is 1. The molecule has 0 aliphatic rings. The third-order valence-corrected chi connectivity index (χ3v) is 7.53. The van der Waals surface area contributed by atoms with Gasteiger partial charge in [-0.2, -0.15) is 0 Å². The maximum atomic E-state index is 12.2. The van der Waals surface area contributed by atoms with Crippen LogP contribution in [0.5, 0.6) is 0 Å². The van der Waals surface area contributed by atoms with Gasteiger partial charge in [-0.1, -0.05) is 6.07 Å².